The summed E-state index contributed by atoms with van der Waals surface area (Å²) in [6.45, 7) is 6.53. The van der Waals surface area contributed by atoms with Crippen molar-refractivity contribution < 1.29 is 0 Å². The zero-order valence-corrected chi connectivity index (χ0v) is 10.5. The molecular formula is C10H18N2S2. The van der Waals surface area contributed by atoms with E-state index in [1.807, 2.05) is 11.8 Å². The monoisotopic (exact) mass is 230 g/mol. The van der Waals surface area contributed by atoms with Gasteiger partial charge < -0.3 is 0 Å². The Morgan fingerprint density at radius 1 is 1.57 bits per heavy atom. The highest BCUT2D eigenvalue weighted by molar-refractivity contribution is 7.99. The van der Waals surface area contributed by atoms with Crippen molar-refractivity contribution in [2.75, 3.05) is 5.75 Å². The summed E-state index contributed by atoms with van der Waals surface area (Å²) in [5.41, 5.74) is 4.18. The molecule has 0 bridgehead atoms. The Kier molecular flexibility index (Phi) is 4.95. The third-order valence-corrected chi connectivity index (χ3v) is 4.02. The fourth-order valence-corrected chi connectivity index (χ4v) is 2.80. The van der Waals surface area contributed by atoms with Gasteiger partial charge in [0.05, 0.1) is 6.04 Å². The first kappa shape index (κ1) is 12.0. The van der Waals surface area contributed by atoms with Gasteiger partial charge in [0.15, 0.2) is 0 Å². The number of nitrogens with one attached hydrogen (secondary N) is 1. The van der Waals surface area contributed by atoms with Gasteiger partial charge in [0.25, 0.3) is 0 Å². The molecule has 14 heavy (non-hydrogen) atoms. The third-order valence-electron chi connectivity index (χ3n) is 1.95. The zero-order chi connectivity index (χ0) is 10.6. The third kappa shape index (κ3) is 3.61. The SMILES string of the molecule is Cc1cc(C(CSC(C)C)NN)cs1. The maximum Gasteiger partial charge on any atom is 0.0558 e. The van der Waals surface area contributed by atoms with Crippen LogP contribution in [0.15, 0.2) is 11.4 Å². The summed E-state index contributed by atoms with van der Waals surface area (Å²) in [4.78, 5) is 1.34. The second kappa shape index (κ2) is 5.75. The molecule has 0 aliphatic rings. The number of rotatable bonds is 5. The summed E-state index contributed by atoms with van der Waals surface area (Å²) in [7, 11) is 0. The Balaban J connectivity index is 2.54. The van der Waals surface area contributed by atoms with Crippen LogP contribution in [0.4, 0.5) is 0 Å². The van der Waals surface area contributed by atoms with Gasteiger partial charge in [-0.25, -0.2) is 0 Å². The zero-order valence-electron chi connectivity index (χ0n) is 8.91. The highest BCUT2D eigenvalue weighted by Gasteiger charge is 2.11. The maximum absolute atomic E-state index is 5.54. The molecule has 1 atom stereocenters. The van der Waals surface area contributed by atoms with E-state index in [1.54, 1.807) is 11.3 Å². The van der Waals surface area contributed by atoms with Crippen molar-refractivity contribution in [1.82, 2.24) is 5.43 Å². The molecule has 2 nitrogen and oxygen atoms in total. The van der Waals surface area contributed by atoms with Gasteiger partial charge in [-0.1, -0.05) is 13.8 Å². The lowest BCUT2D eigenvalue weighted by atomic mass is 10.2. The number of hydrazine groups is 1. The van der Waals surface area contributed by atoms with Crippen molar-refractivity contribution in [1.29, 1.82) is 0 Å². The van der Waals surface area contributed by atoms with E-state index in [0.29, 0.717) is 5.25 Å². The molecule has 1 unspecified atom stereocenters. The summed E-state index contributed by atoms with van der Waals surface area (Å²) in [6.07, 6.45) is 0. The molecule has 0 aromatic carbocycles. The lowest BCUT2D eigenvalue weighted by Gasteiger charge is -2.15. The second-order valence-electron chi connectivity index (χ2n) is 3.59. The number of hydrogen-bond acceptors (Lipinski definition) is 4. The molecule has 1 aromatic heterocycles. The van der Waals surface area contributed by atoms with E-state index >= 15 is 0 Å². The molecular weight excluding hydrogens is 212 g/mol. The fraction of sp³-hybridized carbons (Fsp3) is 0.600. The summed E-state index contributed by atoms with van der Waals surface area (Å²) in [6, 6.07) is 2.49. The molecule has 0 aliphatic heterocycles. The average molecular weight is 230 g/mol. The number of hydrogen-bond donors (Lipinski definition) is 2. The van der Waals surface area contributed by atoms with E-state index < -0.39 is 0 Å². The first-order valence-electron chi connectivity index (χ1n) is 4.76. The summed E-state index contributed by atoms with van der Waals surface area (Å²) >= 11 is 3.71. The molecule has 0 saturated carbocycles. The van der Waals surface area contributed by atoms with Crippen LogP contribution in [0.3, 0.4) is 0 Å². The van der Waals surface area contributed by atoms with E-state index in [1.165, 1.54) is 10.4 Å². The lowest BCUT2D eigenvalue weighted by Crippen LogP contribution is -2.29. The van der Waals surface area contributed by atoms with E-state index in [-0.39, 0.29) is 6.04 Å². The van der Waals surface area contributed by atoms with Gasteiger partial charge in [0.1, 0.15) is 0 Å². The van der Waals surface area contributed by atoms with Crippen LogP contribution < -0.4 is 11.3 Å². The molecule has 1 aromatic rings. The van der Waals surface area contributed by atoms with E-state index in [0.717, 1.165) is 5.75 Å². The summed E-state index contributed by atoms with van der Waals surface area (Å²) in [5.74, 6) is 6.57. The summed E-state index contributed by atoms with van der Waals surface area (Å²) < 4.78 is 0. The van der Waals surface area contributed by atoms with Crippen molar-refractivity contribution in [3.63, 3.8) is 0 Å². The predicted octanol–water partition coefficient (Wildman–Crippen LogP) is 2.70. The van der Waals surface area contributed by atoms with Gasteiger partial charge in [-0.2, -0.15) is 11.8 Å². The van der Waals surface area contributed by atoms with E-state index in [4.69, 9.17) is 5.84 Å². The molecule has 0 radical (unpaired) electrons. The van der Waals surface area contributed by atoms with Crippen LogP contribution in [-0.4, -0.2) is 11.0 Å². The fourth-order valence-electron chi connectivity index (χ4n) is 1.18. The Hall–Kier alpha value is -0.0300. The van der Waals surface area contributed by atoms with Crippen LogP contribution in [0, 0.1) is 6.92 Å². The van der Waals surface area contributed by atoms with Crippen LogP contribution in [0.1, 0.15) is 30.3 Å². The Labute approximate surface area is 94.2 Å². The normalized spacial score (nSPS) is 13.5. The van der Waals surface area contributed by atoms with Crippen LogP contribution in [0.5, 0.6) is 0 Å². The van der Waals surface area contributed by atoms with Crippen molar-refractivity contribution >= 4 is 23.1 Å². The van der Waals surface area contributed by atoms with Crippen LogP contribution >= 0.6 is 23.1 Å². The quantitative estimate of drug-likeness (QED) is 0.603. The van der Waals surface area contributed by atoms with Crippen molar-refractivity contribution in [2.24, 2.45) is 5.84 Å². The Bertz CT molecular complexity index is 271. The van der Waals surface area contributed by atoms with Crippen molar-refractivity contribution in [3.05, 3.63) is 21.9 Å². The first-order valence-corrected chi connectivity index (χ1v) is 6.69. The van der Waals surface area contributed by atoms with Crippen LogP contribution in [0.2, 0.25) is 0 Å². The molecule has 0 spiro atoms. The van der Waals surface area contributed by atoms with Crippen LogP contribution in [0.25, 0.3) is 0 Å². The first-order chi connectivity index (χ1) is 6.63. The number of aryl methyl sites for hydroxylation is 1. The average Bonchev–Trinajstić information content (AvgIpc) is 2.53. The van der Waals surface area contributed by atoms with Crippen LogP contribution in [-0.2, 0) is 0 Å². The second-order valence-corrected chi connectivity index (χ2v) is 6.32. The molecule has 0 fully saturated rings. The predicted molar refractivity (Wildman–Crippen MR) is 66.7 cm³/mol. The van der Waals surface area contributed by atoms with Crippen molar-refractivity contribution in [2.45, 2.75) is 32.1 Å². The number of thiophene rings is 1. The van der Waals surface area contributed by atoms with Gasteiger partial charge in [-0.15, -0.1) is 11.3 Å². The number of thioether (sulfide) groups is 1. The highest BCUT2D eigenvalue weighted by Crippen LogP contribution is 2.24. The molecule has 0 amide bonds. The molecule has 0 saturated heterocycles. The maximum atomic E-state index is 5.54. The summed E-state index contributed by atoms with van der Waals surface area (Å²) in [5, 5.41) is 2.84. The largest absolute Gasteiger partial charge is 0.271 e. The molecule has 0 aliphatic carbocycles. The van der Waals surface area contributed by atoms with Gasteiger partial charge >= 0.3 is 0 Å². The minimum absolute atomic E-state index is 0.285. The van der Waals surface area contributed by atoms with Crippen molar-refractivity contribution in [3.8, 4) is 0 Å². The molecule has 1 heterocycles. The lowest BCUT2D eigenvalue weighted by molar-refractivity contribution is 0.612. The smallest absolute Gasteiger partial charge is 0.0558 e. The Morgan fingerprint density at radius 2 is 2.29 bits per heavy atom. The minimum atomic E-state index is 0.285. The minimum Gasteiger partial charge on any atom is -0.271 e. The van der Waals surface area contributed by atoms with Gasteiger partial charge in [0, 0.05) is 10.6 Å². The molecule has 1 rings (SSSR count). The molecule has 4 heteroatoms. The van der Waals surface area contributed by atoms with Gasteiger partial charge in [-0.05, 0) is 29.2 Å². The van der Waals surface area contributed by atoms with Gasteiger partial charge in [0.2, 0.25) is 0 Å². The molecule has 80 valence electrons. The Morgan fingerprint density at radius 3 is 2.71 bits per heavy atom. The number of nitrogens with two attached hydrogens (primary N) is 1. The van der Waals surface area contributed by atoms with E-state index in [2.05, 4.69) is 37.6 Å². The van der Waals surface area contributed by atoms with E-state index in [9.17, 15) is 0 Å². The highest BCUT2D eigenvalue weighted by atomic mass is 32.2. The topological polar surface area (TPSA) is 38.0 Å². The standard InChI is InChI=1S/C10H18N2S2/c1-7(2)13-6-10(12-11)9-4-8(3)14-5-9/h4-5,7,10,12H,6,11H2,1-3H3. The molecule has 3 N–H and O–H groups in total. The van der Waals surface area contributed by atoms with Gasteiger partial charge in [-0.3, -0.25) is 11.3 Å².